The van der Waals surface area contributed by atoms with E-state index in [-0.39, 0.29) is 29.3 Å². The number of aryl methyl sites for hydroxylation is 1. The van der Waals surface area contributed by atoms with Gasteiger partial charge in [0.05, 0.1) is 23.1 Å². The molecule has 3 atom stereocenters. The number of hydrogen-bond donors (Lipinski definition) is 0. The van der Waals surface area contributed by atoms with E-state index in [1.54, 1.807) is 44.2 Å². The molecule has 0 aromatic heterocycles. The molecule has 0 radical (unpaired) electrons. The summed E-state index contributed by atoms with van der Waals surface area (Å²) in [5.74, 6) is -0.669. The number of sulfonamides is 1. The second-order valence-electron chi connectivity index (χ2n) is 11.7. The highest BCUT2D eigenvalue weighted by Gasteiger charge is 2.44. The Labute approximate surface area is 265 Å². The minimum atomic E-state index is -3.95. The maximum atomic E-state index is 14.1. The summed E-state index contributed by atoms with van der Waals surface area (Å²) in [6, 6.07) is 18.5. The van der Waals surface area contributed by atoms with E-state index < -0.39 is 15.9 Å². The predicted molar refractivity (Wildman–Crippen MR) is 172 cm³/mol. The number of methoxy groups -OCH3 is 1. The van der Waals surface area contributed by atoms with Gasteiger partial charge in [-0.15, -0.1) is 0 Å². The average Bonchev–Trinajstić information content (AvgIpc) is 3.53. The lowest BCUT2D eigenvalue weighted by molar-refractivity contribution is -0.131. The Morgan fingerprint density at radius 2 is 1.70 bits per heavy atom. The van der Waals surface area contributed by atoms with E-state index in [2.05, 4.69) is 4.90 Å². The van der Waals surface area contributed by atoms with Gasteiger partial charge in [-0.1, -0.05) is 59.6 Å². The van der Waals surface area contributed by atoms with Crippen molar-refractivity contribution >= 4 is 39.1 Å². The number of hydrogen-bond acceptors (Lipinski definition) is 5. The number of benzene rings is 3. The third kappa shape index (κ3) is 6.45. The minimum absolute atomic E-state index is 0.0457. The van der Waals surface area contributed by atoms with Crippen LogP contribution in [0, 0.1) is 0 Å². The summed E-state index contributed by atoms with van der Waals surface area (Å²) in [4.78, 5) is 18.3. The molecule has 1 aliphatic heterocycles. The molecule has 1 amide bonds. The van der Waals surface area contributed by atoms with Gasteiger partial charge in [-0.05, 0) is 85.3 Å². The molecule has 2 aliphatic rings. The number of carbonyl (C=O) groups is 1. The van der Waals surface area contributed by atoms with Crippen LogP contribution in [-0.2, 0) is 27.8 Å². The summed E-state index contributed by atoms with van der Waals surface area (Å²) in [5.41, 5.74) is 3.51. The fraction of sp³-hybridized carbons (Fsp3) is 0.424. The maximum absolute atomic E-state index is 14.1. The molecular formula is C33H39Cl2N3O4S. The van der Waals surface area contributed by atoms with E-state index >= 15 is 0 Å². The number of carbonyl (C=O) groups excluding carboxylic acids is 1. The first-order valence-corrected chi connectivity index (χ1v) is 16.8. The van der Waals surface area contributed by atoms with Gasteiger partial charge in [0, 0.05) is 39.6 Å². The Morgan fingerprint density at radius 1 is 1.00 bits per heavy atom. The maximum Gasteiger partial charge on any atom is 0.246 e. The Balaban J connectivity index is 1.69. The summed E-state index contributed by atoms with van der Waals surface area (Å²) in [5, 5.41) is 0.797. The molecule has 0 saturated carbocycles. The number of halogens is 2. The number of likely N-dealkylation sites (N-methyl/N-ethyl adjacent to an activating group) is 1. The van der Waals surface area contributed by atoms with Crippen LogP contribution in [0.3, 0.4) is 0 Å². The molecule has 7 nitrogen and oxygen atoms in total. The van der Waals surface area contributed by atoms with Gasteiger partial charge in [-0.25, -0.2) is 8.42 Å². The van der Waals surface area contributed by atoms with Crippen LogP contribution in [-0.4, -0.2) is 75.8 Å². The lowest BCUT2D eigenvalue weighted by atomic mass is 9.69. The van der Waals surface area contributed by atoms with E-state index in [0.717, 1.165) is 61.0 Å². The SMILES string of the molecule is COc1cc2c(cc1S(=O)(=O)N(C)Cc1ccccc1)[C@@H](C(C(=O)N(C)C)c1ccc(Cl)c(Cl)c1)[C@H](N1CCCC1)CC2. The molecule has 3 aromatic carbocycles. The number of ether oxygens (including phenoxy) is 1. The van der Waals surface area contributed by atoms with Gasteiger partial charge in [0.25, 0.3) is 0 Å². The number of amides is 1. The van der Waals surface area contributed by atoms with Crippen molar-refractivity contribution in [2.24, 2.45) is 0 Å². The third-order valence-electron chi connectivity index (χ3n) is 8.82. The summed E-state index contributed by atoms with van der Waals surface area (Å²) >= 11 is 12.8. The highest BCUT2D eigenvalue weighted by atomic mass is 35.5. The first-order chi connectivity index (χ1) is 20.5. The standard InChI is InChI=1S/C33H39Cl2N3O4S/c1-36(2)33(39)31(24-12-14-26(34)27(35)18-24)32-25-20-30(43(40,41)37(3)21-22-10-6-5-7-11-22)29(42-4)19-23(25)13-15-28(32)38-16-8-9-17-38/h5-7,10-12,14,18-20,28,31-32H,8-9,13,15-17,21H2,1-4H3/t28-,31?,32-/m1/s1. The van der Waals surface area contributed by atoms with Crippen LogP contribution < -0.4 is 4.74 Å². The van der Waals surface area contributed by atoms with Crippen molar-refractivity contribution in [3.63, 3.8) is 0 Å². The summed E-state index contributed by atoms with van der Waals surface area (Å²) in [6.07, 6.45) is 3.80. The van der Waals surface area contributed by atoms with Crippen LogP contribution >= 0.6 is 23.2 Å². The molecule has 230 valence electrons. The van der Waals surface area contributed by atoms with E-state index in [1.165, 1.54) is 11.4 Å². The van der Waals surface area contributed by atoms with Gasteiger partial charge in [-0.2, -0.15) is 4.31 Å². The molecule has 5 rings (SSSR count). The zero-order chi connectivity index (χ0) is 30.9. The van der Waals surface area contributed by atoms with E-state index in [9.17, 15) is 13.2 Å². The quantitative estimate of drug-likeness (QED) is 0.278. The number of likely N-dealkylation sites (tertiary alicyclic amines) is 1. The lowest BCUT2D eigenvalue weighted by Crippen LogP contribution is -2.46. The monoisotopic (exact) mass is 643 g/mol. The van der Waals surface area contributed by atoms with E-state index in [4.69, 9.17) is 27.9 Å². The highest BCUT2D eigenvalue weighted by Crippen LogP contribution is 2.48. The minimum Gasteiger partial charge on any atom is -0.495 e. The molecule has 10 heteroatoms. The third-order valence-corrected chi connectivity index (χ3v) is 11.4. The van der Waals surface area contributed by atoms with Gasteiger partial charge in [0.2, 0.25) is 15.9 Å². The highest BCUT2D eigenvalue weighted by molar-refractivity contribution is 7.89. The van der Waals surface area contributed by atoms with Crippen LogP contribution in [0.2, 0.25) is 10.0 Å². The van der Waals surface area contributed by atoms with Crippen molar-refractivity contribution in [3.05, 3.63) is 93.0 Å². The largest absolute Gasteiger partial charge is 0.495 e. The molecule has 1 saturated heterocycles. The number of rotatable bonds is 9. The summed E-state index contributed by atoms with van der Waals surface area (Å²) in [6.45, 7) is 2.11. The number of fused-ring (bicyclic) bond motifs is 1. The molecule has 1 unspecified atom stereocenters. The Bertz CT molecular complexity index is 1580. The van der Waals surface area contributed by atoms with Gasteiger partial charge >= 0.3 is 0 Å². The van der Waals surface area contributed by atoms with Crippen molar-refractivity contribution in [1.82, 2.24) is 14.1 Å². The van der Waals surface area contributed by atoms with Crippen LogP contribution in [0.15, 0.2) is 65.6 Å². The smallest absolute Gasteiger partial charge is 0.246 e. The second-order valence-corrected chi connectivity index (χ2v) is 14.5. The zero-order valence-corrected chi connectivity index (χ0v) is 27.4. The molecule has 0 bridgehead atoms. The van der Waals surface area contributed by atoms with Gasteiger partial charge in [-0.3, -0.25) is 9.69 Å². The van der Waals surface area contributed by atoms with Gasteiger partial charge < -0.3 is 9.64 Å². The van der Waals surface area contributed by atoms with Crippen LogP contribution in [0.1, 0.15) is 53.4 Å². The van der Waals surface area contributed by atoms with E-state index in [1.807, 2.05) is 42.5 Å². The molecule has 1 heterocycles. The number of nitrogens with zero attached hydrogens (tertiary/aromatic N) is 3. The molecular weight excluding hydrogens is 605 g/mol. The average molecular weight is 645 g/mol. The second kappa shape index (κ2) is 13.2. The fourth-order valence-electron chi connectivity index (χ4n) is 6.66. The zero-order valence-electron chi connectivity index (χ0n) is 25.1. The van der Waals surface area contributed by atoms with Crippen LogP contribution in [0.25, 0.3) is 0 Å². The first kappa shape index (κ1) is 31.8. The van der Waals surface area contributed by atoms with Gasteiger partial charge in [0.1, 0.15) is 10.6 Å². The molecule has 1 aliphatic carbocycles. The first-order valence-electron chi connectivity index (χ1n) is 14.6. The molecule has 0 N–H and O–H groups in total. The molecule has 1 fully saturated rings. The fourth-order valence-corrected chi connectivity index (χ4v) is 8.30. The van der Waals surface area contributed by atoms with E-state index in [0.29, 0.717) is 15.8 Å². The Hall–Kier alpha value is -2.62. The molecule has 3 aromatic rings. The van der Waals surface area contributed by atoms with Crippen molar-refractivity contribution in [3.8, 4) is 5.75 Å². The molecule has 0 spiro atoms. The molecule has 43 heavy (non-hydrogen) atoms. The summed E-state index contributed by atoms with van der Waals surface area (Å²) in [7, 11) is 2.64. The van der Waals surface area contributed by atoms with Crippen molar-refractivity contribution in [2.45, 2.75) is 55.0 Å². The van der Waals surface area contributed by atoms with Crippen molar-refractivity contribution < 1.29 is 17.9 Å². The predicted octanol–water partition coefficient (Wildman–Crippen LogP) is 6.19. The topological polar surface area (TPSA) is 70.2 Å². The van der Waals surface area contributed by atoms with Crippen molar-refractivity contribution in [2.75, 3.05) is 41.3 Å². The lowest BCUT2D eigenvalue weighted by Gasteiger charge is -2.43. The van der Waals surface area contributed by atoms with Gasteiger partial charge in [0.15, 0.2) is 0 Å². The Kier molecular flexibility index (Phi) is 9.73. The van der Waals surface area contributed by atoms with Crippen molar-refractivity contribution in [1.29, 1.82) is 0 Å². The van der Waals surface area contributed by atoms with Crippen LogP contribution in [0.5, 0.6) is 5.75 Å². The normalized spacial score (nSPS) is 19.7. The summed E-state index contributed by atoms with van der Waals surface area (Å²) < 4.78 is 35.3. The Morgan fingerprint density at radius 3 is 2.33 bits per heavy atom. The van der Waals surface area contributed by atoms with Crippen LogP contribution in [0.4, 0.5) is 0 Å².